The molecule has 6 heteroatoms. The fraction of sp³-hybridized carbons (Fsp3) is 0.462. The smallest absolute Gasteiger partial charge is 0.323 e. The van der Waals surface area contributed by atoms with Gasteiger partial charge in [0.1, 0.15) is 6.04 Å². The molecule has 0 heterocycles. The number of hydrogen-bond acceptors (Lipinski definition) is 4. The van der Waals surface area contributed by atoms with E-state index in [9.17, 15) is 4.79 Å². The summed E-state index contributed by atoms with van der Waals surface area (Å²) >= 11 is 5.76. The van der Waals surface area contributed by atoms with Crippen LogP contribution in [0.1, 0.15) is 24.8 Å². The minimum absolute atomic E-state index is 0.290. The zero-order valence-corrected chi connectivity index (χ0v) is 11.4. The third kappa shape index (κ3) is 6.54. The van der Waals surface area contributed by atoms with Crippen molar-refractivity contribution in [1.82, 2.24) is 5.48 Å². The highest BCUT2D eigenvalue weighted by Gasteiger charge is 2.16. The number of carboxylic acid groups (broad SMARTS) is 1. The standard InChI is InChI=1S/C13H19ClN2O3/c14-11-6-4-10(5-7-11)9-19-16-12(13(17)18)3-1-2-8-15/h4-7,12,16H,1-3,8-9,15H2,(H,17,18)/t12-/m0/s1. The molecule has 0 aromatic heterocycles. The van der Waals surface area contributed by atoms with Crippen molar-refractivity contribution in [3.05, 3.63) is 34.9 Å². The van der Waals surface area contributed by atoms with Gasteiger partial charge in [-0.1, -0.05) is 23.7 Å². The first-order chi connectivity index (χ1) is 9.13. The molecular formula is C13H19ClN2O3. The topological polar surface area (TPSA) is 84.6 Å². The predicted octanol–water partition coefficient (Wildman–Crippen LogP) is 1.94. The summed E-state index contributed by atoms with van der Waals surface area (Å²) in [6.07, 6.45) is 2.06. The largest absolute Gasteiger partial charge is 0.480 e. The molecule has 106 valence electrons. The number of nitrogens with one attached hydrogen (secondary N) is 1. The summed E-state index contributed by atoms with van der Waals surface area (Å²) < 4.78 is 0. The van der Waals surface area contributed by atoms with E-state index in [2.05, 4.69) is 5.48 Å². The fourth-order valence-electron chi connectivity index (χ4n) is 1.53. The number of aliphatic carboxylic acids is 1. The Hall–Kier alpha value is -1.14. The third-order valence-electron chi connectivity index (χ3n) is 2.62. The summed E-state index contributed by atoms with van der Waals surface area (Å²) in [6, 6.07) is 6.47. The molecule has 1 atom stereocenters. The predicted molar refractivity (Wildman–Crippen MR) is 73.7 cm³/mol. The van der Waals surface area contributed by atoms with Crippen LogP contribution < -0.4 is 11.2 Å². The Morgan fingerprint density at radius 1 is 1.37 bits per heavy atom. The Bertz CT molecular complexity index is 384. The molecule has 1 aromatic rings. The first kappa shape index (κ1) is 15.9. The summed E-state index contributed by atoms with van der Waals surface area (Å²) in [6.45, 7) is 0.857. The molecule has 0 saturated carbocycles. The number of benzene rings is 1. The summed E-state index contributed by atoms with van der Waals surface area (Å²) in [5.41, 5.74) is 8.86. The van der Waals surface area contributed by atoms with Crippen LogP contribution >= 0.6 is 11.6 Å². The van der Waals surface area contributed by atoms with E-state index in [1.807, 2.05) is 12.1 Å². The molecule has 1 aromatic carbocycles. The summed E-state index contributed by atoms with van der Waals surface area (Å²) in [5.74, 6) is -0.923. The van der Waals surface area contributed by atoms with E-state index in [0.29, 0.717) is 18.0 Å². The lowest BCUT2D eigenvalue weighted by molar-refractivity contribution is -0.145. The van der Waals surface area contributed by atoms with Crippen LogP contribution in [-0.2, 0) is 16.2 Å². The number of nitrogens with two attached hydrogens (primary N) is 1. The number of unbranched alkanes of at least 4 members (excludes halogenated alkanes) is 1. The Morgan fingerprint density at radius 2 is 2.05 bits per heavy atom. The molecule has 4 N–H and O–H groups in total. The molecule has 0 radical (unpaired) electrons. The van der Waals surface area contributed by atoms with Crippen LogP contribution in [0, 0.1) is 0 Å². The zero-order valence-electron chi connectivity index (χ0n) is 10.6. The van der Waals surface area contributed by atoms with Gasteiger partial charge in [0.25, 0.3) is 0 Å². The molecule has 0 unspecified atom stereocenters. The molecule has 0 spiro atoms. The van der Waals surface area contributed by atoms with Crippen LogP contribution in [0.4, 0.5) is 0 Å². The Kier molecular flexibility index (Phi) is 7.43. The first-order valence-corrected chi connectivity index (χ1v) is 6.56. The maximum Gasteiger partial charge on any atom is 0.323 e. The van der Waals surface area contributed by atoms with E-state index in [-0.39, 0.29) is 6.61 Å². The van der Waals surface area contributed by atoms with Crippen molar-refractivity contribution in [3.8, 4) is 0 Å². The minimum Gasteiger partial charge on any atom is -0.480 e. The molecule has 0 fully saturated rings. The number of hydrogen-bond donors (Lipinski definition) is 3. The molecule has 0 saturated heterocycles. The van der Waals surface area contributed by atoms with Crippen molar-refractivity contribution in [1.29, 1.82) is 0 Å². The number of rotatable bonds is 9. The van der Waals surface area contributed by atoms with Gasteiger partial charge < -0.3 is 10.8 Å². The maximum atomic E-state index is 11.0. The highest BCUT2D eigenvalue weighted by Crippen LogP contribution is 2.10. The van der Waals surface area contributed by atoms with Crippen LogP contribution in [0.15, 0.2) is 24.3 Å². The lowest BCUT2D eigenvalue weighted by Gasteiger charge is -2.14. The van der Waals surface area contributed by atoms with Gasteiger partial charge in [0.2, 0.25) is 0 Å². The van der Waals surface area contributed by atoms with Crippen LogP contribution in [0.25, 0.3) is 0 Å². The van der Waals surface area contributed by atoms with E-state index < -0.39 is 12.0 Å². The molecule has 5 nitrogen and oxygen atoms in total. The molecule has 0 bridgehead atoms. The average Bonchev–Trinajstić information content (AvgIpc) is 2.39. The Morgan fingerprint density at radius 3 is 2.63 bits per heavy atom. The maximum absolute atomic E-state index is 11.0. The van der Waals surface area contributed by atoms with Crippen molar-refractivity contribution in [2.45, 2.75) is 31.9 Å². The molecule has 0 aliphatic carbocycles. The second kappa shape index (κ2) is 8.87. The van der Waals surface area contributed by atoms with Gasteiger partial charge in [-0.15, -0.1) is 0 Å². The molecule has 1 rings (SSSR count). The van der Waals surface area contributed by atoms with Crippen LogP contribution in [0.5, 0.6) is 0 Å². The molecular weight excluding hydrogens is 268 g/mol. The summed E-state index contributed by atoms with van der Waals surface area (Å²) in [4.78, 5) is 16.2. The lowest BCUT2D eigenvalue weighted by atomic mass is 10.1. The molecule has 0 aliphatic rings. The van der Waals surface area contributed by atoms with Crippen molar-refractivity contribution in [2.75, 3.05) is 6.54 Å². The molecule has 0 amide bonds. The Labute approximate surface area is 117 Å². The van der Waals surface area contributed by atoms with E-state index >= 15 is 0 Å². The Balaban J connectivity index is 2.31. The van der Waals surface area contributed by atoms with Gasteiger partial charge in [0.15, 0.2) is 0 Å². The van der Waals surface area contributed by atoms with Gasteiger partial charge in [-0.3, -0.25) is 9.63 Å². The second-order valence-corrected chi connectivity index (χ2v) is 4.64. The van der Waals surface area contributed by atoms with Crippen LogP contribution in [0.3, 0.4) is 0 Å². The van der Waals surface area contributed by atoms with Crippen molar-refractivity contribution in [3.63, 3.8) is 0 Å². The molecule has 0 aliphatic heterocycles. The van der Waals surface area contributed by atoms with Crippen molar-refractivity contribution < 1.29 is 14.7 Å². The highest BCUT2D eigenvalue weighted by molar-refractivity contribution is 6.30. The second-order valence-electron chi connectivity index (χ2n) is 4.21. The van der Waals surface area contributed by atoms with Gasteiger partial charge in [-0.2, -0.15) is 5.48 Å². The van der Waals surface area contributed by atoms with Crippen molar-refractivity contribution >= 4 is 17.6 Å². The van der Waals surface area contributed by atoms with E-state index in [1.54, 1.807) is 12.1 Å². The van der Waals surface area contributed by atoms with Gasteiger partial charge in [0.05, 0.1) is 6.61 Å². The van der Waals surface area contributed by atoms with E-state index in [0.717, 1.165) is 18.4 Å². The SMILES string of the molecule is NCCCC[C@H](NOCc1ccc(Cl)cc1)C(=O)O. The third-order valence-corrected chi connectivity index (χ3v) is 2.87. The fourth-order valence-corrected chi connectivity index (χ4v) is 1.66. The van der Waals surface area contributed by atoms with Gasteiger partial charge in [0, 0.05) is 5.02 Å². The highest BCUT2D eigenvalue weighted by atomic mass is 35.5. The average molecular weight is 287 g/mol. The summed E-state index contributed by atoms with van der Waals surface area (Å²) in [5, 5.41) is 9.67. The normalized spacial score (nSPS) is 12.3. The quantitative estimate of drug-likeness (QED) is 0.477. The van der Waals surface area contributed by atoms with Crippen LogP contribution in [0.2, 0.25) is 5.02 Å². The number of halogens is 1. The van der Waals surface area contributed by atoms with Crippen LogP contribution in [-0.4, -0.2) is 23.7 Å². The zero-order chi connectivity index (χ0) is 14.1. The minimum atomic E-state index is -0.923. The van der Waals surface area contributed by atoms with Gasteiger partial charge in [-0.25, -0.2) is 0 Å². The van der Waals surface area contributed by atoms with E-state index in [1.165, 1.54) is 0 Å². The van der Waals surface area contributed by atoms with Gasteiger partial charge in [-0.05, 0) is 43.5 Å². The van der Waals surface area contributed by atoms with Gasteiger partial charge >= 0.3 is 5.97 Å². The summed E-state index contributed by atoms with van der Waals surface area (Å²) in [7, 11) is 0. The molecule has 19 heavy (non-hydrogen) atoms. The van der Waals surface area contributed by atoms with E-state index in [4.69, 9.17) is 27.3 Å². The lowest BCUT2D eigenvalue weighted by Crippen LogP contribution is -2.36. The van der Waals surface area contributed by atoms with Crippen molar-refractivity contribution in [2.24, 2.45) is 5.73 Å². The number of carboxylic acids is 1. The first-order valence-electron chi connectivity index (χ1n) is 6.18. The number of carbonyl (C=O) groups is 1. The number of hydroxylamine groups is 1. The monoisotopic (exact) mass is 286 g/mol.